The van der Waals surface area contributed by atoms with Gasteiger partial charge in [0.25, 0.3) is 5.91 Å². The second kappa shape index (κ2) is 11.8. The first-order valence-corrected chi connectivity index (χ1v) is 18.5. The van der Waals surface area contributed by atoms with Gasteiger partial charge < -0.3 is 20.5 Å². The van der Waals surface area contributed by atoms with Gasteiger partial charge in [0, 0.05) is 33.0 Å². The minimum absolute atomic E-state index is 0.00540. The van der Waals surface area contributed by atoms with Gasteiger partial charge in [0.1, 0.15) is 40.3 Å². The lowest BCUT2D eigenvalue weighted by Crippen LogP contribution is -2.29. The molecule has 11 nitrogen and oxygen atoms in total. The van der Waals surface area contributed by atoms with E-state index in [1.54, 1.807) is 0 Å². The Balaban J connectivity index is 1.64. The van der Waals surface area contributed by atoms with Gasteiger partial charge in [-0.25, -0.2) is 31.8 Å². The molecule has 1 unspecified atom stereocenters. The molecule has 3 atom stereocenters. The Bertz CT molecular complexity index is 1500. The molecule has 1 aromatic carbocycles. The van der Waals surface area contributed by atoms with Crippen LogP contribution in [0.4, 0.5) is 14.6 Å². The number of nitrogens with one attached hydrogen (secondary N) is 2. The number of hydrogen-bond acceptors (Lipinski definition) is 9. The summed E-state index contributed by atoms with van der Waals surface area (Å²) in [6.07, 6.45) is 1.66. The number of benzene rings is 1. The molecule has 0 spiro atoms. The number of aromatic nitrogens is 4. The van der Waals surface area contributed by atoms with Crippen molar-refractivity contribution in [3.05, 3.63) is 47.4 Å². The number of carbonyl (C=O) groups is 1. The Morgan fingerprint density at radius 2 is 1.98 bits per heavy atom. The van der Waals surface area contributed by atoms with Crippen LogP contribution in [-0.2, 0) is 27.8 Å². The molecule has 1 aliphatic carbocycles. The molecule has 1 fully saturated rings. The number of fused-ring (bicyclic) bond motifs is 1. The van der Waals surface area contributed by atoms with E-state index in [4.69, 9.17) is 4.74 Å². The second-order valence-electron chi connectivity index (χ2n) is 11.3. The van der Waals surface area contributed by atoms with Crippen LogP contribution in [0.3, 0.4) is 0 Å². The summed E-state index contributed by atoms with van der Waals surface area (Å²) in [5, 5.41) is 20.1. The lowest BCUT2D eigenvalue weighted by atomic mass is 10.2. The van der Waals surface area contributed by atoms with E-state index in [9.17, 15) is 27.1 Å². The fourth-order valence-electron chi connectivity index (χ4n) is 4.48. The van der Waals surface area contributed by atoms with E-state index < -0.39 is 52.8 Å². The molecule has 0 radical (unpaired) electrons. The molecule has 0 saturated heterocycles. The molecule has 15 heteroatoms. The van der Waals surface area contributed by atoms with Crippen molar-refractivity contribution in [3.63, 3.8) is 0 Å². The molecule has 1 aliphatic rings. The summed E-state index contributed by atoms with van der Waals surface area (Å²) < 4.78 is 59.1. The molecule has 2 heterocycles. The normalized spacial score (nSPS) is 19.7. The SMILES string of the molecule is C[Si](C)(C)CCOCn1nc(C(=O)NCc2cc(F)ccc2F)c2c(NC3C[C@@H](S(C)(=O)=O)C[C@H]3O)ncnc21. The van der Waals surface area contributed by atoms with Gasteiger partial charge in [-0.2, -0.15) is 5.10 Å². The molecule has 0 aliphatic heterocycles. The van der Waals surface area contributed by atoms with Gasteiger partial charge in [0.15, 0.2) is 11.3 Å². The third-order valence-electron chi connectivity index (χ3n) is 6.81. The molecule has 3 N–H and O–H groups in total. The number of hydrogen-bond donors (Lipinski definition) is 3. The molecule has 40 heavy (non-hydrogen) atoms. The predicted molar refractivity (Wildman–Crippen MR) is 148 cm³/mol. The third-order valence-corrected chi connectivity index (χ3v) is 10.1. The molecule has 4 rings (SSSR count). The first-order chi connectivity index (χ1) is 18.7. The van der Waals surface area contributed by atoms with Crippen molar-refractivity contribution in [2.75, 3.05) is 18.2 Å². The number of aliphatic hydroxyl groups excluding tert-OH is 1. The lowest BCUT2D eigenvalue weighted by molar-refractivity contribution is 0.0800. The molecule has 1 saturated carbocycles. The quantitative estimate of drug-likeness (QED) is 0.224. The number of rotatable bonds is 11. The van der Waals surface area contributed by atoms with Gasteiger partial charge in [0.05, 0.1) is 22.8 Å². The van der Waals surface area contributed by atoms with Crippen LogP contribution in [-0.4, -0.2) is 77.5 Å². The Morgan fingerprint density at radius 3 is 2.65 bits per heavy atom. The highest BCUT2D eigenvalue weighted by Gasteiger charge is 2.39. The highest BCUT2D eigenvalue weighted by molar-refractivity contribution is 7.91. The van der Waals surface area contributed by atoms with Gasteiger partial charge in [0.2, 0.25) is 0 Å². The number of nitrogens with zero attached hydrogens (tertiary/aromatic N) is 4. The molecular formula is C25H34F2N6O5SSi. The highest BCUT2D eigenvalue weighted by atomic mass is 32.2. The van der Waals surface area contributed by atoms with Crippen LogP contribution in [0.5, 0.6) is 0 Å². The first kappa shape index (κ1) is 30.0. The lowest BCUT2D eigenvalue weighted by Gasteiger charge is -2.17. The number of aliphatic hydroxyl groups is 1. The number of halogens is 2. The summed E-state index contributed by atoms with van der Waals surface area (Å²) in [6.45, 7) is 6.87. The van der Waals surface area contributed by atoms with Crippen molar-refractivity contribution in [2.24, 2.45) is 0 Å². The van der Waals surface area contributed by atoms with Crippen LogP contribution in [0.2, 0.25) is 25.7 Å². The largest absolute Gasteiger partial charge is 0.391 e. The van der Waals surface area contributed by atoms with Gasteiger partial charge in [-0.05, 0) is 37.1 Å². The Hall–Kier alpha value is -3.01. The average molecular weight is 597 g/mol. The van der Waals surface area contributed by atoms with Crippen LogP contribution < -0.4 is 10.6 Å². The average Bonchev–Trinajstić information content (AvgIpc) is 3.43. The van der Waals surface area contributed by atoms with Crippen LogP contribution in [0, 0.1) is 11.6 Å². The maximum absolute atomic E-state index is 14.1. The zero-order valence-corrected chi connectivity index (χ0v) is 24.6. The third kappa shape index (κ3) is 7.19. The summed E-state index contributed by atoms with van der Waals surface area (Å²) >= 11 is 0. The number of amides is 1. The fourth-order valence-corrected chi connectivity index (χ4v) is 6.34. The maximum Gasteiger partial charge on any atom is 0.272 e. The van der Waals surface area contributed by atoms with Crippen molar-refractivity contribution < 1.29 is 31.8 Å². The van der Waals surface area contributed by atoms with Crippen molar-refractivity contribution in [1.82, 2.24) is 25.1 Å². The molecule has 218 valence electrons. The van der Waals surface area contributed by atoms with Crippen LogP contribution in [0.1, 0.15) is 28.9 Å². The highest BCUT2D eigenvalue weighted by Crippen LogP contribution is 2.31. The number of sulfone groups is 1. The van der Waals surface area contributed by atoms with Crippen LogP contribution in [0.25, 0.3) is 11.0 Å². The van der Waals surface area contributed by atoms with Crippen molar-refractivity contribution in [2.45, 2.75) is 69.2 Å². The summed E-state index contributed by atoms with van der Waals surface area (Å²) in [5.41, 5.74) is 0.151. The van der Waals surface area contributed by atoms with Gasteiger partial charge in [-0.1, -0.05) is 19.6 Å². The summed E-state index contributed by atoms with van der Waals surface area (Å²) in [7, 11) is -4.72. The zero-order chi connectivity index (χ0) is 29.2. The molecule has 1 amide bonds. The van der Waals surface area contributed by atoms with Gasteiger partial charge in [-0.3, -0.25) is 4.79 Å². The smallest absolute Gasteiger partial charge is 0.272 e. The summed E-state index contributed by atoms with van der Waals surface area (Å²) in [6, 6.07) is 3.23. The number of ether oxygens (including phenoxy) is 1. The summed E-state index contributed by atoms with van der Waals surface area (Å²) in [5.74, 6) is -1.82. The summed E-state index contributed by atoms with van der Waals surface area (Å²) in [4.78, 5) is 21.8. The van der Waals surface area contributed by atoms with Crippen LogP contribution >= 0.6 is 0 Å². The minimum atomic E-state index is -3.37. The van der Waals surface area contributed by atoms with E-state index in [1.807, 2.05) is 0 Å². The zero-order valence-electron chi connectivity index (χ0n) is 22.8. The molecule has 0 bridgehead atoms. The van der Waals surface area contributed by atoms with Gasteiger partial charge in [-0.15, -0.1) is 0 Å². The second-order valence-corrected chi connectivity index (χ2v) is 19.2. The van der Waals surface area contributed by atoms with Crippen molar-refractivity contribution in [3.8, 4) is 0 Å². The molecule has 2 aromatic heterocycles. The van der Waals surface area contributed by atoms with E-state index in [2.05, 4.69) is 45.3 Å². The molecular weight excluding hydrogens is 562 g/mol. The number of anilines is 1. The Morgan fingerprint density at radius 1 is 1.23 bits per heavy atom. The monoisotopic (exact) mass is 596 g/mol. The topological polar surface area (TPSA) is 148 Å². The Labute approximate surface area is 232 Å². The van der Waals surface area contributed by atoms with E-state index in [0.29, 0.717) is 6.61 Å². The van der Waals surface area contributed by atoms with E-state index >= 15 is 0 Å². The number of carbonyl (C=O) groups excluding carboxylic acids is 1. The van der Waals surface area contributed by atoms with Crippen molar-refractivity contribution >= 4 is 40.7 Å². The van der Waals surface area contributed by atoms with Crippen LogP contribution in [0.15, 0.2) is 24.5 Å². The van der Waals surface area contributed by atoms with E-state index in [1.165, 1.54) is 11.0 Å². The fraction of sp³-hybridized carbons (Fsp3) is 0.520. The van der Waals surface area contributed by atoms with Gasteiger partial charge >= 0.3 is 0 Å². The van der Waals surface area contributed by atoms with Crippen molar-refractivity contribution in [1.29, 1.82) is 0 Å². The first-order valence-electron chi connectivity index (χ1n) is 12.9. The standard InChI is InChI=1S/C25H34F2N6O5SSi/c1-39(36,37)17-10-19(20(34)11-17)31-23-21-22(25(35)28-12-15-9-16(26)5-6-18(15)27)32-33(24(21)30-13-29-23)14-38-7-8-40(2,3)4/h5-6,9,13,17,19-20,34H,7-8,10-12,14H2,1-4H3,(H,28,35)(H,29,30,31)/t17-,19?,20-/m1/s1. The minimum Gasteiger partial charge on any atom is -0.391 e. The maximum atomic E-state index is 14.1. The van der Waals surface area contributed by atoms with E-state index in [0.717, 1.165) is 30.5 Å². The molecule has 3 aromatic rings. The predicted octanol–water partition coefficient (Wildman–Crippen LogP) is 2.70. The Kier molecular flexibility index (Phi) is 8.87. The van der Waals surface area contributed by atoms with E-state index in [-0.39, 0.29) is 54.2 Å².